The number of nitrogens with zero attached hydrogens (tertiary/aromatic N) is 1. The van der Waals surface area contributed by atoms with Crippen LogP contribution in [0, 0.1) is 12.8 Å². The van der Waals surface area contributed by atoms with Gasteiger partial charge in [-0.3, -0.25) is 4.79 Å². The van der Waals surface area contributed by atoms with Crippen molar-refractivity contribution in [1.29, 1.82) is 0 Å². The second kappa shape index (κ2) is 7.18. The number of hydrogen-bond donors (Lipinski definition) is 1. The first kappa shape index (κ1) is 17.6. The van der Waals surface area contributed by atoms with E-state index in [-0.39, 0.29) is 17.9 Å². The van der Waals surface area contributed by atoms with Crippen LogP contribution in [0.25, 0.3) is 20.8 Å². The summed E-state index contributed by atoms with van der Waals surface area (Å²) in [5.74, 6) is 0.956. The highest BCUT2D eigenvalue weighted by atomic mass is 32.1. The topological polar surface area (TPSA) is 60.5 Å². The number of aromatic nitrogens is 1. The maximum Gasteiger partial charge on any atom is 0.225 e. The van der Waals surface area contributed by atoms with Gasteiger partial charge in [0.2, 0.25) is 5.91 Å². The fraction of sp³-hybridized carbons (Fsp3) is 0.364. The zero-order valence-corrected chi connectivity index (χ0v) is 16.6. The third-order valence-corrected chi connectivity index (χ3v) is 6.44. The number of hydrogen-bond acceptors (Lipinski definition) is 5. The van der Waals surface area contributed by atoms with Gasteiger partial charge in [-0.25, -0.2) is 4.98 Å². The molecule has 0 radical (unpaired) electrons. The largest absolute Gasteiger partial charge is 0.487 e. The summed E-state index contributed by atoms with van der Waals surface area (Å²) in [6, 6.07) is 12.5. The summed E-state index contributed by atoms with van der Waals surface area (Å²) in [6.45, 7) is 3.82. The summed E-state index contributed by atoms with van der Waals surface area (Å²) >= 11 is 1.69. The normalized spacial score (nSPS) is 20.9. The monoisotopic (exact) mass is 394 g/mol. The van der Waals surface area contributed by atoms with Gasteiger partial charge in [0.15, 0.2) is 0 Å². The molecule has 2 aliphatic heterocycles. The lowest BCUT2D eigenvalue weighted by molar-refractivity contribution is -0.125. The van der Waals surface area contributed by atoms with Crippen LogP contribution < -0.4 is 10.1 Å². The van der Waals surface area contributed by atoms with E-state index in [2.05, 4.69) is 30.4 Å². The van der Waals surface area contributed by atoms with Crippen LogP contribution in [-0.2, 0) is 16.0 Å². The molecular formula is C22H22N2O3S. The molecule has 5 nitrogen and oxygen atoms in total. The van der Waals surface area contributed by atoms with Crippen molar-refractivity contribution in [2.24, 2.45) is 5.92 Å². The molecule has 1 fully saturated rings. The Bertz CT molecular complexity index is 1010. The van der Waals surface area contributed by atoms with E-state index < -0.39 is 0 Å². The fourth-order valence-electron chi connectivity index (χ4n) is 3.95. The molecule has 0 unspecified atom stereocenters. The number of aryl methyl sites for hydroxylation is 1. The van der Waals surface area contributed by atoms with Gasteiger partial charge in [0, 0.05) is 13.0 Å². The van der Waals surface area contributed by atoms with Gasteiger partial charge in [0.05, 0.1) is 34.8 Å². The van der Waals surface area contributed by atoms with Gasteiger partial charge in [-0.15, -0.1) is 11.3 Å². The van der Waals surface area contributed by atoms with Crippen LogP contribution in [0.5, 0.6) is 5.75 Å². The summed E-state index contributed by atoms with van der Waals surface area (Å²) < 4.78 is 12.8. The minimum absolute atomic E-state index is 0.0238. The fourth-order valence-corrected chi connectivity index (χ4v) is 4.93. The Morgan fingerprint density at radius 1 is 1.32 bits per heavy atom. The van der Waals surface area contributed by atoms with Crippen LogP contribution in [0.2, 0.25) is 0 Å². The van der Waals surface area contributed by atoms with Crippen molar-refractivity contribution in [3.05, 3.63) is 47.5 Å². The number of thiazole rings is 1. The minimum Gasteiger partial charge on any atom is -0.487 e. The van der Waals surface area contributed by atoms with E-state index in [0.29, 0.717) is 19.8 Å². The molecule has 1 aromatic heterocycles. The SMILES string of the molecule is Cc1cc2c(c(-c3nc4ccccc4s3)c1)O[C@@H](CNC(=O)[C@@H]1CCOC1)C2. The second-order valence-electron chi connectivity index (χ2n) is 7.54. The second-order valence-corrected chi connectivity index (χ2v) is 8.57. The number of carbonyl (C=O) groups excluding carboxylic acids is 1. The minimum atomic E-state index is -0.0452. The Balaban J connectivity index is 1.36. The van der Waals surface area contributed by atoms with Crippen molar-refractivity contribution in [3.8, 4) is 16.3 Å². The maximum absolute atomic E-state index is 12.3. The van der Waals surface area contributed by atoms with Crippen LogP contribution in [0.15, 0.2) is 36.4 Å². The molecule has 5 rings (SSSR count). The lowest BCUT2D eigenvalue weighted by atomic mass is 10.0. The Labute approximate surface area is 167 Å². The first-order valence-corrected chi connectivity index (χ1v) is 10.5. The van der Waals surface area contributed by atoms with Gasteiger partial charge in [-0.2, -0.15) is 0 Å². The number of rotatable bonds is 4. The maximum atomic E-state index is 12.3. The van der Waals surface area contributed by atoms with Gasteiger partial charge >= 0.3 is 0 Å². The van der Waals surface area contributed by atoms with E-state index in [1.807, 2.05) is 18.2 Å². The van der Waals surface area contributed by atoms with Crippen molar-refractivity contribution in [3.63, 3.8) is 0 Å². The van der Waals surface area contributed by atoms with Crippen LogP contribution >= 0.6 is 11.3 Å². The standard InChI is InChI=1S/C22H22N2O3S/c1-13-8-15-10-16(11-23-21(25)14-6-7-26-12-14)27-20(15)17(9-13)22-24-18-4-2-3-5-19(18)28-22/h2-5,8-9,14,16H,6-7,10-12H2,1H3,(H,23,25)/t14-,16-/m1/s1. The lowest BCUT2D eigenvalue weighted by Gasteiger charge is -2.14. The molecule has 1 amide bonds. The predicted octanol–water partition coefficient (Wildman–Crippen LogP) is 3.73. The molecule has 2 aromatic carbocycles. The molecule has 0 aliphatic carbocycles. The summed E-state index contributed by atoms with van der Waals surface area (Å²) in [5, 5.41) is 4.02. The van der Waals surface area contributed by atoms with Gasteiger partial charge in [-0.1, -0.05) is 18.2 Å². The van der Waals surface area contributed by atoms with Crippen LogP contribution in [0.4, 0.5) is 0 Å². The smallest absolute Gasteiger partial charge is 0.225 e. The van der Waals surface area contributed by atoms with E-state index in [1.54, 1.807) is 11.3 Å². The summed E-state index contributed by atoms with van der Waals surface area (Å²) in [7, 11) is 0. The zero-order valence-electron chi connectivity index (χ0n) is 15.7. The molecule has 6 heteroatoms. The highest BCUT2D eigenvalue weighted by Gasteiger charge is 2.29. The Morgan fingerprint density at radius 3 is 3.04 bits per heavy atom. The van der Waals surface area contributed by atoms with Crippen molar-refractivity contribution in [2.75, 3.05) is 19.8 Å². The van der Waals surface area contributed by atoms with Crippen molar-refractivity contribution in [1.82, 2.24) is 10.3 Å². The molecule has 2 aliphatic rings. The number of amides is 1. The quantitative estimate of drug-likeness (QED) is 0.733. The van der Waals surface area contributed by atoms with Crippen molar-refractivity contribution < 1.29 is 14.3 Å². The number of para-hydroxylation sites is 1. The van der Waals surface area contributed by atoms with Crippen molar-refractivity contribution >= 4 is 27.5 Å². The van der Waals surface area contributed by atoms with E-state index in [4.69, 9.17) is 14.5 Å². The first-order valence-electron chi connectivity index (χ1n) is 9.69. The van der Waals surface area contributed by atoms with Crippen LogP contribution in [0.1, 0.15) is 17.5 Å². The Hall–Kier alpha value is -2.44. The lowest BCUT2D eigenvalue weighted by Crippen LogP contribution is -2.38. The highest BCUT2D eigenvalue weighted by molar-refractivity contribution is 7.21. The number of ether oxygens (including phenoxy) is 2. The third kappa shape index (κ3) is 3.27. The zero-order chi connectivity index (χ0) is 19.1. The average molecular weight is 394 g/mol. The van der Waals surface area contributed by atoms with E-state index >= 15 is 0 Å². The molecule has 28 heavy (non-hydrogen) atoms. The Morgan fingerprint density at radius 2 is 2.21 bits per heavy atom. The first-order chi connectivity index (χ1) is 13.7. The molecule has 1 N–H and O–H groups in total. The molecule has 1 saturated heterocycles. The molecule has 3 heterocycles. The highest BCUT2D eigenvalue weighted by Crippen LogP contribution is 2.42. The molecule has 0 spiro atoms. The van der Waals surface area contributed by atoms with Crippen molar-refractivity contribution in [2.45, 2.75) is 25.9 Å². The van der Waals surface area contributed by atoms with Gasteiger partial charge in [0.1, 0.15) is 16.9 Å². The molecule has 144 valence electrons. The molecule has 3 aromatic rings. The molecule has 2 atom stereocenters. The van der Waals surface area contributed by atoms with E-state index in [0.717, 1.165) is 34.7 Å². The summed E-state index contributed by atoms with van der Waals surface area (Å²) in [6.07, 6.45) is 1.56. The number of fused-ring (bicyclic) bond motifs is 2. The molecular weight excluding hydrogens is 372 g/mol. The molecule has 0 saturated carbocycles. The average Bonchev–Trinajstić information content (AvgIpc) is 3.43. The van der Waals surface area contributed by atoms with Crippen LogP contribution in [-0.4, -0.2) is 36.8 Å². The number of carbonyl (C=O) groups is 1. The van der Waals surface area contributed by atoms with Gasteiger partial charge in [0.25, 0.3) is 0 Å². The number of benzene rings is 2. The van der Waals surface area contributed by atoms with Gasteiger partial charge in [-0.05, 0) is 42.7 Å². The molecule has 0 bridgehead atoms. The predicted molar refractivity (Wildman–Crippen MR) is 110 cm³/mol. The number of nitrogens with one attached hydrogen (secondary N) is 1. The summed E-state index contributed by atoms with van der Waals surface area (Å²) in [5.41, 5.74) is 4.45. The van der Waals surface area contributed by atoms with Gasteiger partial charge < -0.3 is 14.8 Å². The van der Waals surface area contributed by atoms with E-state index in [1.165, 1.54) is 15.8 Å². The van der Waals surface area contributed by atoms with E-state index in [9.17, 15) is 4.79 Å². The van der Waals surface area contributed by atoms with Crippen LogP contribution in [0.3, 0.4) is 0 Å². The third-order valence-electron chi connectivity index (χ3n) is 5.37. The Kier molecular flexibility index (Phi) is 4.53. The summed E-state index contributed by atoms with van der Waals surface area (Å²) in [4.78, 5) is 17.1.